The summed E-state index contributed by atoms with van der Waals surface area (Å²) in [5.74, 6) is -3.53. The van der Waals surface area contributed by atoms with Crippen LogP contribution in [0, 0.1) is 23.2 Å². The number of benzene rings is 2. The Labute approximate surface area is 157 Å². The second-order valence-corrected chi connectivity index (χ2v) is 6.21. The summed E-state index contributed by atoms with van der Waals surface area (Å²) < 4.78 is 16.1. The standard InChI is InChI=1S/C21H19NO5/c1-25-19(23)16-17(20(24)26-2)21(13-22,15-11-7-4-8-12-15)27-18(16)14-9-5-3-6-10-14/h3-12,16-18H,1-2H3/t16-,17-,18+,21-/m0/s1. The fourth-order valence-electron chi connectivity index (χ4n) is 3.62. The molecule has 0 amide bonds. The third-order valence-corrected chi connectivity index (χ3v) is 4.86. The van der Waals surface area contributed by atoms with Crippen LogP contribution in [0.1, 0.15) is 17.2 Å². The molecule has 0 bridgehead atoms. The predicted molar refractivity (Wildman–Crippen MR) is 95.0 cm³/mol. The average molecular weight is 365 g/mol. The Morgan fingerprint density at radius 3 is 2.04 bits per heavy atom. The van der Waals surface area contributed by atoms with E-state index in [1.165, 1.54) is 14.2 Å². The fourth-order valence-corrected chi connectivity index (χ4v) is 3.62. The molecule has 0 unspecified atom stereocenters. The fraction of sp³-hybridized carbons (Fsp3) is 0.286. The molecule has 138 valence electrons. The molecule has 4 atom stereocenters. The van der Waals surface area contributed by atoms with E-state index < -0.39 is 35.5 Å². The van der Waals surface area contributed by atoms with E-state index in [1.807, 2.05) is 6.07 Å². The monoisotopic (exact) mass is 365 g/mol. The lowest BCUT2D eigenvalue weighted by Gasteiger charge is -2.27. The van der Waals surface area contributed by atoms with E-state index in [0.29, 0.717) is 11.1 Å². The highest BCUT2D eigenvalue weighted by Gasteiger charge is 2.63. The molecule has 0 N–H and O–H groups in total. The van der Waals surface area contributed by atoms with Crippen LogP contribution < -0.4 is 0 Å². The summed E-state index contributed by atoms with van der Waals surface area (Å²) in [5.41, 5.74) is -0.515. The van der Waals surface area contributed by atoms with Gasteiger partial charge in [-0.2, -0.15) is 5.26 Å². The maximum absolute atomic E-state index is 12.7. The molecule has 0 saturated carbocycles. The topological polar surface area (TPSA) is 85.6 Å². The van der Waals surface area contributed by atoms with Crippen molar-refractivity contribution in [2.45, 2.75) is 11.7 Å². The first kappa shape index (κ1) is 18.6. The van der Waals surface area contributed by atoms with Gasteiger partial charge in [-0.05, 0) is 11.1 Å². The van der Waals surface area contributed by atoms with Crippen LogP contribution >= 0.6 is 0 Å². The Kier molecular flexibility index (Phi) is 5.24. The molecule has 1 saturated heterocycles. The normalized spacial score (nSPS) is 26.8. The van der Waals surface area contributed by atoms with Crippen LogP contribution in [0.5, 0.6) is 0 Å². The number of nitrogens with zero attached hydrogens (tertiary/aromatic N) is 1. The smallest absolute Gasteiger partial charge is 0.314 e. The van der Waals surface area contributed by atoms with Crippen molar-refractivity contribution in [3.63, 3.8) is 0 Å². The highest BCUT2D eigenvalue weighted by Crippen LogP contribution is 2.53. The summed E-state index contributed by atoms with van der Waals surface area (Å²) in [4.78, 5) is 25.4. The average Bonchev–Trinajstić information content (AvgIpc) is 3.10. The van der Waals surface area contributed by atoms with Gasteiger partial charge in [0.1, 0.15) is 17.9 Å². The highest BCUT2D eigenvalue weighted by molar-refractivity contribution is 5.85. The van der Waals surface area contributed by atoms with Gasteiger partial charge < -0.3 is 14.2 Å². The maximum Gasteiger partial charge on any atom is 0.314 e. The van der Waals surface area contributed by atoms with Gasteiger partial charge in [0.2, 0.25) is 0 Å². The molecule has 0 aromatic heterocycles. The van der Waals surface area contributed by atoms with Gasteiger partial charge in [-0.25, -0.2) is 0 Å². The van der Waals surface area contributed by atoms with Gasteiger partial charge in [0.15, 0.2) is 5.60 Å². The van der Waals surface area contributed by atoms with Crippen molar-refractivity contribution in [1.82, 2.24) is 0 Å². The zero-order chi connectivity index (χ0) is 19.4. The van der Waals surface area contributed by atoms with E-state index in [4.69, 9.17) is 14.2 Å². The number of methoxy groups -OCH3 is 2. The lowest BCUT2D eigenvalue weighted by Crippen LogP contribution is -2.41. The number of nitriles is 1. The molecule has 0 spiro atoms. The van der Waals surface area contributed by atoms with Gasteiger partial charge in [-0.1, -0.05) is 60.7 Å². The second-order valence-electron chi connectivity index (χ2n) is 6.21. The van der Waals surface area contributed by atoms with Crippen molar-refractivity contribution >= 4 is 11.9 Å². The molecule has 6 heteroatoms. The molecule has 1 fully saturated rings. The van der Waals surface area contributed by atoms with Gasteiger partial charge in [0.25, 0.3) is 0 Å². The van der Waals surface area contributed by atoms with E-state index >= 15 is 0 Å². The van der Waals surface area contributed by atoms with Crippen molar-refractivity contribution in [2.75, 3.05) is 14.2 Å². The van der Waals surface area contributed by atoms with Gasteiger partial charge in [0.05, 0.1) is 20.3 Å². The quantitative estimate of drug-likeness (QED) is 0.775. The number of carbonyl (C=O) groups excluding carboxylic acids is 2. The van der Waals surface area contributed by atoms with Crippen molar-refractivity contribution in [2.24, 2.45) is 11.8 Å². The molecule has 0 aliphatic carbocycles. The molecule has 2 aromatic rings. The Balaban J connectivity index is 2.23. The van der Waals surface area contributed by atoms with Gasteiger partial charge in [-0.3, -0.25) is 9.59 Å². The molecule has 1 heterocycles. The third kappa shape index (κ3) is 3.07. The summed E-state index contributed by atoms with van der Waals surface area (Å²) in [6.07, 6.45) is -0.831. The molecule has 6 nitrogen and oxygen atoms in total. The Morgan fingerprint density at radius 2 is 1.52 bits per heavy atom. The summed E-state index contributed by atoms with van der Waals surface area (Å²) in [6, 6.07) is 19.8. The van der Waals surface area contributed by atoms with Crippen molar-refractivity contribution in [1.29, 1.82) is 5.26 Å². The largest absolute Gasteiger partial charge is 0.469 e. The molecule has 0 radical (unpaired) electrons. The first-order chi connectivity index (χ1) is 13.1. The van der Waals surface area contributed by atoms with Gasteiger partial charge in [-0.15, -0.1) is 0 Å². The minimum absolute atomic E-state index is 0.482. The molecule has 1 aliphatic rings. The molecule has 2 aromatic carbocycles. The lowest BCUT2D eigenvalue weighted by molar-refractivity contribution is -0.158. The van der Waals surface area contributed by atoms with E-state index in [1.54, 1.807) is 54.6 Å². The van der Waals surface area contributed by atoms with Gasteiger partial charge >= 0.3 is 11.9 Å². The van der Waals surface area contributed by atoms with Crippen LogP contribution in [-0.2, 0) is 29.4 Å². The van der Waals surface area contributed by atoms with Crippen LogP contribution in [0.3, 0.4) is 0 Å². The second kappa shape index (κ2) is 7.60. The van der Waals surface area contributed by atoms with E-state index in [9.17, 15) is 14.9 Å². The summed E-state index contributed by atoms with van der Waals surface area (Å²) >= 11 is 0. The first-order valence-electron chi connectivity index (χ1n) is 8.44. The zero-order valence-electron chi connectivity index (χ0n) is 15.0. The first-order valence-corrected chi connectivity index (χ1v) is 8.44. The number of ether oxygens (including phenoxy) is 3. The SMILES string of the molecule is COC(=O)[C@@H]1[C@@H](c2ccccc2)O[C@@](C#N)(c2ccccc2)[C@@H]1C(=O)OC. The van der Waals surface area contributed by atoms with Gasteiger partial charge in [0, 0.05) is 0 Å². The Hall–Kier alpha value is -3.17. The number of rotatable bonds is 4. The molecule has 3 rings (SSSR count). The number of hydrogen-bond donors (Lipinski definition) is 0. The molecule has 27 heavy (non-hydrogen) atoms. The minimum Gasteiger partial charge on any atom is -0.469 e. The summed E-state index contributed by atoms with van der Waals surface area (Å²) in [6.45, 7) is 0. The van der Waals surface area contributed by atoms with Crippen LogP contribution in [-0.4, -0.2) is 26.2 Å². The summed E-state index contributed by atoms with van der Waals surface area (Å²) in [7, 11) is 2.47. The Bertz CT molecular complexity index is 861. The lowest BCUT2D eigenvalue weighted by atomic mass is 9.75. The van der Waals surface area contributed by atoms with Crippen molar-refractivity contribution in [3.8, 4) is 6.07 Å². The van der Waals surface area contributed by atoms with Crippen LogP contribution in [0.25, 0.3) is 0 Å². The van der Waals surface area contributed by atoms with E-state index in [-0.39, 0.29) is 0 Å². The van der Waals surface area contributed by atoms with Crippen molar-refractivity contribution in [3.05, 3.63) is 71.8 Å². The van der Waals surface area contributed by atoms with Crippen LogP contribution in [0.2, 0.25) is 0 Å². The minimum atomic E-state index is -1.67. The number of hydrogen-bond acceptors (Lipinski definition) is 6. The predicted octanol–water partition coefficient (Wildman–Crippen LogP) is 2.76. The highest BCUT2D eigenvalue weighted by atomic mass is 16.6. The third-order valence-electron chi connectivity index (χ3n) is 4.86. The molecular weight excluding hydrogens is 346 g/mol. The number of esters is 2. The van der Waals surface area contributed by atoms with Crippen LogP contribution in [0.4, 0.5) is 0 Å². The summed E-state index contributed by atoms with van der Waals surface area (Å²) in [5, 5.41) is 10.1. The maximum atomic E-state index is 12.7. The van der Waals surface area contributed by atoms with Crippen LogP contribution in [0.15, 0.2) is 60.7 Å². The molecule has 1 aliphatic heterocycles. The Morgan fingerprint density at radius 1 is 0.963 bits per heavy atom. The number of carbonyl (C=O) groups is 2. The zero-order valence-corrected chi connectivity index (χ0v) is 15.0. The van der Waals surface area contributed by atoms with E-state index in [0.717, 1.165) is 0 Å². The van der Waals surface area contributed by atoms with E-state index in [2.05, 4.69) is 6.07 Å². The van der Waals surface area contributed by atoms with Crippen molar-refractivity contribution < 1.29 is 23.8 Å². The molecular formula is C21H19NO5.